The smallest absolute Gasteiger partial charge is 0.243 e. The molecule has 0 aliphatic heterocycles. The summed E-state index contributed by atoms with van der Waals surface area (Å²) in [5.74, 6) is 1.06. The van der Waals surface area contributed by atoms with Crippen molar-refractivity contribution in [1.82, 2.24) is 9.62 Å². The van der Waals surface area contributed by atoms with Gasteiger partial charge in [-0.15, -0.1) is 0 Å². The molecule has 1 N–H and O–H groups in total. The van der Waals surface area contributed by atoms with Crippen LogP contribution in [0.2, 0.25) is 5.02 Å². The number of carbonyl (C=O) groups excluding carboxylic acids is 1. The zero-order valence-electron chi connectivity index (χ0n) is 17.3. The van der Waals surface area contributed by atoms with Crippen molar-refractivity contribution in [2.45, 2.75) is 18.4 Å². The van der Waals surface area contributed by atoms with Gasteiger partial charge in [-0.25, -0.2) is 8.42 Å². The minimum atomic E-state index is -3.89. The lowest BCUT2D eigenvalue weighted by molar-refractivity contribution is -0.121. The number of likely N-dealkylation sites (N-methyl/N-ethyl adjacent to an activating group) is 1. The molecule has 0 atom stereocenters. The Hall–Kier alpha value is -2.49. The number of halogens is 1. The molecular formula is C20H25ClN2O6S. The Morgan fingerprint density at radius 3 is 2.33 bits per heavy atom. The van der Waals surface area contributed by atoms with E-state index in [0.29, 0.717) is 23.9 Å². The first-order valence-corrected chi connectivity index (χ1v) is 10.9. The van der Waals surface area contributed by atoms with Crippen LogP contribution in [0, 0.1) is 0 Å². The Balaban J connectivity index is 2.01. The monoisotopic (exact) mass is 456 g/mol. The molecule has 2 aromatic carbocycles. The number of nitrogens with one attached hydrogen (secondary N) is 1. The molecule has 164 valence electrons. The highest BCUT2D eigenvalue weighted by molar-refractivity contribution is 7.89. The van der Waals surface area contributed by atoms with Gasteiger partial charge in [0, 0.05) is 13.6 Å². The molecule has 10 heteroatoms. The molecule has 2 aromatic rings. The van der Waals surface area contributed by atoms with Crippen LogP contribution in [0.4, 0.5) is 0 Å². The summed E-state index contributed by atoms with van der Waals surface area (Å²) in [6.45, 7) is 2.07. The Bertz CT molecular complexity index is 997. The summed E-state index contributed by atoms with van der Waals surface area (Å²) >= 11 is 6.08. The van der Waals surface area contributed by atoms with Crippen LogP contribution in [0.25, 0.3) is 0 Å². The van der Waals surface area contributed by atoms with E-state index in [2.05, 4.69) is 5.32 Å². The van der Waals surface area contributed by atoms with Crippen molar-refractivity contribution in [3.05, 3.63) is 47.0 Å². The molecule has 8 nitrogen and oxygen atoms in total. The number of ether oxygens (including phenoxy) is 3. The second-order valence-electron chi connectivity index (χ2n) is 6.25. The van der Waals surface area contributed by atoms with Gasteiger partial charge in [0.1, 0.15) is 5.75 Å². The average molecular weight is 457 g/mol. The number of benzene rings is 2. The SMILES string of the molecule is CCOc1ccc(S(=O)(=O)N(C)CC(=O)NCc2ccc(OC)c(OC)c2)cc1Cl. The second kappa shape index (κ2) is 10.5. The summed E-state index contributed by atoms with van der Waals surface area (Å²) in [7, 11) is 0.490. The normalized spacial score (nSPS) is 11.3. The highest BCUT2D eigenvalue weighted by Gasteiger charge is 2.24. The molecule has 30 heavy (non-hydrogen) atoms. The molecule has 0 saturated heterocycles. The Kier molecular flexibility index (Phi) is 8.33. The lowest BCUT2D eigenvalue weighted by atomic mass is 10.2. The minimum Gasteiger partial charge on any atom is -0.493 e. The lowest BCUT2D eigenvalue weighted by Crippen LogP contribution is -2.38. The van der Waals surface area contributed by atoms with Crippen LogP contribution in [0.15, 0.2) is 41.3 Å². The fourth-order valence-corrected chi connectivity index (χ4v) is 4.08. The number of amides is 1. The van der Waals surface area contributed by atoms with Gasteiger partial charge in [0.2, 0.25) is 15.9 Å². The zero-order valence-corrected chi connectivity index (χ0v) is 18.8. The summed E-state index contributed by atoms with van der Waals surface area (Å²) in [5, 5.41) is 2.88. The van der Waals surface area contributed by atoms with E-state index in [1.54, 1.807) is 25.1 Å². The summed E-state index contributed by atoms with van der Waals surface area (Å²) < 4.78 is 42.1. The predicted octanol–water partition coefficient (Wildman–Crippen LogP) is 2.69. The van der Waals surface area contributed by atoms with E-state index >= 15 is 0 Å². The van der Waals surface area contributed by atoms with Crippen molar-refractivity contribution in [2.24, 2.45) is 0 Å². The van der Waals surface area contributed by atoms with E-state index in [-0.39, 0.29) is 23.0 Å². The highest BCUT2D eigenvalue weighted by atomic mass is 35.5. The molecule has 0 radical (unpaired) electrons. The number of sulfonamides is 1. The Labute approximate surface area is 181 Å². The van der Waals surface area contributed by atoms with Crippen LogP contribution in [-0.2, 0) is 21.4 Å². The van der Waals surface area contributed by atoms with Gasteiger partial charge >= 0.3 is 0 Å². The van der Waals surface area contributed by atoms with Crippen molar-refractivity contribution in [1.29, 1.82) is 0 Å². The van der Waals surface area contributed by atoms with Gasteiger partial charge < -0.3 is 19.5 Å². The number of carbonyl (C=O) groups is 1. The third kappa shape index (κ3) is 5.78. The molecule has 0 heterocycles. The van der Waals surface area contributed by atoms with Gasteiger partial charge in [-0.3, -0.25) is 4.79 Å². The van der Waals surface area contributed by atoms with E-state index < -0.39 is 15.9 Å². The molecule has 1 amide bonds. The van der Waals surface area contributed by atoms with E-state index in [1.807, 2.05) is 0 Å². The summed E-state index contributed by atoms with van der Waals surface area (Å²) in [4.78, 5) is 12.2. The number of hydrogen-bond acceptors (Lipinski definition) is 6. The first-order chi connectivity index (χ1) is 14.2. The molecule has 0 fully saturated rings. The summed E-state index contributed by atoms with van der Waals surface area (Å²) in [6, 6.07) is 9.44. The van der Waals surface area contributed by atoms with E-state index in [0.717, 1.165) is 9.87 Å². The molecule has 0 saturated carbocycles. The van der Waals surface area contributed by atoms with E-state index in [9.17, 15) is 13.2 Å². The minimum absolute atomic E-state index is 0.0221. The van der Waals surface area contributed by atoms with Crippen molar-refractivity contribution < 1.29 is 27.4 Å². The number of rotatable bonds is 10. The number of hydrogen-bond donors (Lipinski definition) is 1. The third-order valence-corrected chi connectivity index (χ3v) is 6.31. The topological polar surface area (TPSA) is 94.2 Å². The maximum absolute atomic E-state index is 12.7. The van der Waals surface area contributed by atoms with Gasteiger partial charge in [0.15, 0.2) is 11.5 Å². The maximum atomic E-state index is 12.7. The molecule has 0 unspecified atom stereocenters. The van der Waals surface area contributed by atoms with E-state index in [4.69, 9.17) is 25.8 Å². The zero-order chi connectivity index (χ0) is 22.3. The van der Waals surface area contributed by atoms with Crippen LogP contribution >= 0.6 is 11.6 Å². The van der Waals surface area contributed by atoms with Gasteiger partial charge in [-0.05, 0) is 42.8 Å². The van der Waals surface area contributed by atoms with Crippen molar-refractivity contribution >= 4 is 27.5 Å². The molecule has 0 aliphatic carbocycles. The predicted molar refractivity (Wildman–Crippen MR) is 114 cm³/mol. The van der Waals surface area contributed by atoms with Gasteiger partial charge in [0.05, 0.1) is 37.3 Å². The number of nitrogens with zero attached hydrogens (tertiary/aromatic N) is 1. The molecule has 0 aromatic heterocycles. The first-order valence-electron chi connectivity index (χ1n) is 9.09. The fraction of sp³-hybridized carbons (Fsp3) is 0.350. The Morgan fingerprint density at radius 2 is 1.73 bits per heavy atom. The molecule has 0 aliphatic rings. The molecular weight excluding hydrogens is 432 g/mol. The molecule has 0 spiro atoms. The van der Waals surface area contributed by atoms with E-state index in [1.165, 1.54) is 39.5 Å². The van der Waals surface area contributed by atoms with Gasteiger partial charge in [-0.2, -0.15) is 4.31 Å². The van der Waals surface area contributed by atoms with Crippen LogP contribution in [0.3, 0.4) is 0 Å². The highest BCUT2D eigenvalue weighted by Crippen LogP contribution is 2.29. The van der Waals surface area contributed by atoms with Crippen molar-refractivity contribution in [2.75, 3.05) is 34.4 Å². The maximum Gasteiger partial charge on any atom is 0.243 e. The van der Waals surface area contributed by atoms with Crippen LogP contribution in [0.5, 0.6) is 17.2 Å². The first kappa shape index (κ1) is 23.8. The largest absolute Gasteiger partial charge is 0.493 e. The van der Waals surface area contributed by atoms with Crippen LogP contribution < -0.4 is 19.5 Å². The van der Waals surface area contributed by atoms with Crippen molar-refractivity contribution in [3.8, 4) is 17.2 Å². The van der Waals surface area contributed by atoms with Crippen LogP contribution in [0.1, 0.15) is 12.5 Å². The second-order valence-corrected chi connectivity index (χ2v) is 8.70. The summed E-state index contributed by atoms with van der Waals surface area (Å²) in [6.07, 6.45) is 0. The van der Waals surface area contributed by atoms with Gasteiger partial charge in [0.25, 0.3) is 0 Å². The average Bonchev–Trinajstić information content (AvgIpc) is 2.73. The number of methoxy groups -OCH3 is 2. The van der Waals surface area contributed by atoms with Gasteiger partial charge in [-0.1, -0.05) is 17.7 Å². The van der Waals surface area contributed by atoms with Crippen LogP contribution in [-0.4, -0.2) is 53.0 Å². The standard InChI is InChI=1S/C20H25ClN2O6S/c1-5-29-17-9-7-15(11-16(17)21)30(25,26)23(2)13-20(24)22-12-14-6-8-18(27-3)19(10-14)28-4/h6-11H,5,12-13H2,1-4H3,(H,22,24). The fourth-order valence-electron chi connectivity index (χ4n) is 2.63. The molecule has 0 bridgehead atoms. The summed E-state index contributed by atoms with van der Waals surface area (Å²) in [5.41, 5.74) is 0.782. The molecule has 2 rings (SSSR count). The third-order valence-electron chi connectivity index (χ3n) is 4.22. The lowest BCUT2D eigenvalue weighted by Gasteiger charge is -2.18. The Morgan fingerprint density at radius 1 is 1.07 bits per heavy atom. The van der Waals surface area contributed by atoms with Crippen molar-refractivity contribution in [3.63, 3.8) is 0 Å². The quantitative estimate of drug-likeness (QED) is 0.590.